The van der Waals surface area contributed by atoms with Crippen molar-refractivity contribution in [1.29, 1.82) is 0 Å². The van der Waals surface area contributed by atoms with E-state index in [9.17, 15) is 29.1 Å². The van der Waals surface area contributed by atoms with E-state index in [1.165, 1.54) is 25.7 Å². The van der Waals surface area contributed by atoms with Crippen molar-refractivity contribution in [1.82, 2.24) is 20.4 Å². The van der Waals surface area contributed by atoms with Gasteiger partial charge in [0.15, 0.2) is 6.10 Å². The molecule has 0 spiro atoms. The van der Waals surface area contributed by atoms with E-state index in [2.05, 4.69) is 59.4 Å². The Morgan fingerprint density at radius 1 is 1.02 bits per heavy atom. The topological polar surface area (TPSA) is 167 Å². The highest BCUT2D eigenvalue weighted by atomic mass is 35.5. The van der Waals surface area contributed by atoms with E-state index < -0.39 is 41.8 Å². The summed E-state index contributed by atoms with van der Waals surface area (Å²) in [5.41, 5.74) is 3.04. The van der Waals surface area contributed by atoms with E-state index in [-0.39, 0.29) is 54.1 Å². The van der Waals surface area contributed by atoms with E-state index in [1.807, 2.05) is 32.6 Å². The van der Waals surface area contributed by atoms with Gasteiger partial charge < -0.3 is 34.9 Å². The van der Waals surface area contributed by atoms with Crippen molar-refractivity contribution in [3.63, 3.8) is 0 Å². The van der Waals surface area contributed by atoms with Gasteiger partial charge in [-0.25, -0.2) is 4.79 Å². The number of carboxylic acids is 1. The zero-order valence-corrected chi connectivity index (χ0v) is 38.3. The number of hydrogen-bond donors (Lipinski definition) is 4. The van der Waals surface area contributed by atoms with Gasteiger partial charge in [0.05, 0.1) is 24.2 Å². The molecular formula is C46H65ClN4O9S. The lowest BCUT2D eigenvalue weighted by Gasteiger charge is -2.35. The fourth-order valence-electron chi connectivity index (χ4n) is 7.18. The first-order valence-corrected chi connectivity index (χ1v) is 22.1. The molecule has 4 rings (SSSR count). The van der Waals surface area contributed by atoms with Gasteiger partial charge in [-0.1, -0.05) is 89.6 Å². The van der Waals surface area contributed by atoms with Crippen molar-refractivity contribution >= 4 is 53.9 Å². The maximum Gasteiger partial charge on any atom is 0.345 e. The summed E-state index contributed by atoms with van der Waals surface area (Å²) in [5.74, 6) is -2.87. The lowest BCUT2D eigenvalue weighted by atomic mass is 9.96. The monoisotopic (exact) mass is 884 g/mol. The number of rotatable bonds is 23. The number of hydrogen-bond acceptors (Lipinski definition) is 10. The Morgan fingerprint density at radius 3 is 2.30 bits per heavy atom. The molecule has 6 atom stereocenters. The predicted octanol–water partition coefficient (Wildman–Crippen LogP) is 6.42. The van der Waals surface area contributed by atoms with Crippen LogP contribution in [0.1, 0.15) is 96.4 Å². The highest BCUT2D eigenvalue weighted by Crippen LogP contribution is 2.44. The summed E-state index contributed by atoms with van der Waals surface area (Å²) in [6.45, 7) is 15.3. The third kappa shape index (κ3) is 16.6. The number of aliphatic carboxylic acids is 1. The summed E-state index contributed by atoms with van der Waals surface area (Å²) >= 11 is 10.9. The molecule has 2 heterocycles. The zero-order chi connectivity index (χ0) is 44.9. The molecule has 2 aromatic rings. The molecule has 2 aliphatic rings. The van der Waals surface area contributed by atoms with E-state index in [1.54, 1.807) is 24.3 Å². The van der Waals surface area contributed by atoms with Crippen molar-refractivity contribution in [2.24, 2.45) is 17.8 Å². The largest absolute Gasteiger partial charge is 0.495 e. The van der Waals surface area contributed by atoms with Gasteiger partial charge in [0, 0.05) is 56.9 Å². The van der Waals surface area contributed by atoms with Crippen LogP contribution in [-0.2, 0) is 46.4 Å². The predicted molar refractivity (Wildman–Crippen MR) is 239 cm³/mol. The first kappa shape index (κ1) is 49.5. The molecule has 3 amide bonds. The Bertz CT molecular complexity index is 1830. The maximum atomic E-state index is 13.4. The van der Waals surface area contributed by atoms with Crippen molar-refractivity contribution in [3.05, 3.63) is 76.3 Å². The van der Waals surface area contributed by atoms with Crippen LogP contribution >= 0.6 is 24.2 Å². The number of methoxy groups -OCH3 is 1. The lowest BCUT2D eigenvalue weighted by molar-refractivity contribution is -0.167. The highest BCUT2D eigenvalue weighted by molar-refractivity contribution is 7.81. The second kappa shape index (κ2) is 23.4. The summed E-state index contributed by atoms with van der Waals surface area (Å²) in [4.78, 5) is 67.8. The molecular weight excluding hydrogens is 820 g/mol. The number of carbonyl (C=O) groups excluding carboxylic acids is 4. The van der Waals surface area contributed by atoms with Crippen LogP contribution in [0.3, 0.4) is 0 Å². The molecule has 2 fully saturated rings. The molecule has 15 heteroatoms. The fraction of sp³-hybridized carbons (Fsp3) is 0.587. The number of nitrogens with one attached hydrogen (secondary N) is 2. The Morgan fingerprint density at radius 2 is 1.69 bits per heavy atom. The number of piperazine rings is 1. The number of halogens is 1. The Labute approximate surface area is 371 Å². The summed E-state index contributed by atoms with van der Waals surface area (Å²) in [6, 6.07) is 12.7. The molecule has 2 saturated heterocycles. The fourth-order valence-corrected chi connectivity index (χ4v) is 7.57. The highest BCUT2D eigenvalue weighted by Gasteiger charge is 2.43. The summed E-state index contributed by atoms with van der Waals surface area (Å²) < 4.78 is 16.4. The second-order valence-corrected chi connectivity index (χ2v) is 19.1. The number of epoxide rings is 1. The molecule has 0 radical (unpaired) electrons. The van der Waals surface area contributed by atoms with E-state index in [4.69, 9.17) is 25.8 Å². The molecule has 0 aliphatic carbocycles. The number of carboxylic acid groups (broad SMARTS) is 1. The minimum Gasteiger partial charge on any atom is -0.495 e. The zero-order valence-electron chi connectivity index (χ0n) is 36.7. The van der Waals surface area contributed by atoms with Crippen LogP contribution in [0.2, 0.25) is 5.02 Å². The Hall–Kier alpha value is -4.11. The lowest BCUT2D eigenvalue weighted by Crippen LogP contribution is -2.49. The number of ether oxygens (including phenoxy) is 3. The van der Waals surface area contributed by atoms with Gasteiger partial charge >= 0.3 is 11.9 Å². The molecule has 0 saturated carbocycles. The number of nitrogens with zero attached hydrogens (tertiary/aromatic N) is 2. The van der Waals surface area contributed by atoms with Crippen molar-refractivity contribution in [2.45, 2.75) is 116 Å². The molecule has 3 N–H and O–H groups in total. The number of allylic oxidation sites excluding steroid dienone is 1. The second-order valence-electron chi connectivity index (χ2n) is 17.5. The first-order chi connectivity index (χ1) is 28.8. The first-order valence-electron chi connectivity index (χ1n) is 21.3. The van der Waals surface area contributed by atoms with Gasteiger partial charge in [-0.15, -0.1) is 0 Å². The van der Waals surface area contributed by atoms with Crippen LogP contribution in [0.4, 0.5) is 0 Å². The van der Waals surface area contributed by atoms with Crippen molar-refractivity contribution in [2.75, 3.05) is 39.8 Å². The minimum absolute atomic E-state index is 0.00190. The number of thiol groups is 1. The van der Waals surface area contributed by atoms with Gasteiger partial charge in [-0.2, -0.15) is 12.6 Å². The number of amides is 3. The van der Waals surface area contributed by atoms with Crippen LogP contribution in [-0.4, -0.2) is 107 Å². The summed E-state index contributed by atoms with van der Waals surface area (Å²) in [6.07, 6.45) is 5.03. The van der Waals surface area contributed by atoms with E-state index in [0.29, 0.717) is 29.2 Å². The van der Waals surface area contributed by atoms with Crippen LogP contribution in [0.25, 0.3) is 0 Å². The summed E-state index contributed by atoms with van der Waals surface area (Å²) in [5, 5.41) is 15.3. The SMILES string of the molecule is COc1ccc(C[C@@H](NC(=O)/C=C/CC[C@H](C)C2OC2c2ccc(CN3CCN(C(=O)CCC(C)(C)S)CC3)cc2)C(=O)NC[C@@H](C)C(=O)O[C@@H](CC(C)C)C(=O)O)cc1Cl. The quantitative estimate of drug-likeness (QED) is 0.0424. The van der Waals surface area contributed by atoms with Gasteiger partial charge in [0.1, 0.15) is 17.9 Å². The average Bonchev–Trinajstić information content (AvgIpc) is 4.01. The molecule has 13 nitrogen and oxygen atoms in total. The number of benzene rings is 2. The molecule has 336 valence electrons. The van der Waals surface area contributed by atoms with Crippen LogP contribution in [0.15, 0.2) is 54.6 Å². The van der Waals surface area contributed by atoms with E-state index in [0.717, 1.165) is 51.1 Å². The minimum atomic E-state index is -1.28. The van der Waals surface area contributed by atoms with Crippen molar-refractivity contribution in [3.8, 4) is 5.75 Å². The molecule has 0 aromatic heterocycles. The molecule has 2 aliphatic heterocycles. The third-order valence-corrected chi connectivity index (χ3v) is 11.5. The maximum absolute atomic E-state index is 13.4. The number of esters is 1. The number of carbonyl (C=O) groups is 5. The Kier molecular flexibility index (Phi) is 19.0. The van der Waals surface area contributed by atoms with Gasteiger partial charge in [-0.05, 0) is 72.4 Å². The van der Waals surface area contributed by atoms with Crippen molar-refractivity contribution < 1.29 is 43.3 Å². The van der Waals surface area contributed by atoms with Gasteiger partial charge in [0.2, 0.25) is 17.7 Å². The third-order valence-electron chi connectivity index (χ3n) is 11.0. The molecule has 61 heavy (non-hydrogen) atoms. The summed E-state index contributed by atoms with van der Waals surface area (Å²) in [7, 11) is 1.50. The molecule has 2 aromatic carbocycles. The van der Waals surface area contributed by atoms with Gasteiger partial charge in [0.25, 0.3) is 0 Å². The Balaban J connectivity index is 1.23. The average molecular weight is 886 g/mol. The molecule has 2 unspecified atom stereocenters. The van der Waals surface area contributed by atoms with Crippen LogP contribution in [0, 0.1) is 17.8 Å². The smallest absolute Gasteiger partial charge is 0.345 e. The normalized spacial score (nSPS) is 18.9. The van der Waals surface area contributed by atoms with Gasteiger partial charge in [-0.3, -0.25) is 24.1 Å². The van der Waals surface area contributed by atoms with Crippen LogP contribution < -0.4 is 15.4 Å². The van der Waals surface area contributed by atoms with Crippen LogP contribution in [0.5, 0.6) is 5.75 Å². The standard InChI is InChI=1S/C46H65ClN4O9S/c1-29(2)24-38(44(55)56)59-45(57)31(4)27-48-43(54)36(26-33-14-17-37(58-7)35(47)25-33)49-39(52)11-9-8-10-30(3)41-42(60-41)34-15-12-32(13-16-34)28-50-20-22-51(23-21-50)40(53)18-19-46(5,6)61/h9,11-17,25,29-31,36,38,41-42,61H,8,10,18-24,26-28H2,1-7H3,(H,48,54)(H,49,52)(H,55,56)/b11-9+/t30-,31+,36+,38-,41?,42?/m0/s1. The van der Waals surface area contributed by atoms with E-state index >= 15 is 0 Å². The molecule has 0 bridgehead atoms.